The largest absolute Gasteiger partial charge is 0.310 e. The van der Waals surface area contributed by atoms with Crippen LogP contribution in [0.3, 0.4) is 0 Å². The third-order valence-electron chi connectivity index (χ3n) is 3.31. The molecule has 4 heteroatoms. The molecule has 0 atom stereocenters. The lowest BCUT2D eigenvalue weighted by Crippen LogP contribution is -2.22. The summed E-state index contributed by atoms with van der Waals surface area (Å²) < 4.78 is 27.3. The second-order valence-corrected chi connectivity index (χ2v) is 5.83. The van der Waals surface area contributed by atoms with E-state index in [4.69, 9.17) is 11.6 Å². The number of aryl methyl sites for hydroxylation is 1. The van der Waals surface area contributed by atoms with Crippen molar-refractivity contribution >= 4 is 11.6 Å². The maximum absolute atomic E-state index is 13.8. The zero-order valence-corrected chi connectivity index (χ0v) is 13.1. The lowest BCUT2D eigenvalue weighted by atomic mass is 10.0. The first-order valence-corrected chi connectivity index (χ1v) is 7.24. The first kappa shape index (κ1) is 15.9. The molecule has 1 nitrogen and oxygen atoms in total. The molecule has 1 N–H and O–H groups in total. The Morgan fingerprint density at radius 1 is 1.10 bits per heavy atom. The van der Waals surface area contributed by atoms with Crippen LogP contribution in [-0.4, -0.2) is 6.04 Å². The van der Waals surface area contributed by atoms with Crippen LogP contribution in [0.1, 0.15) is 25.0 Å². The van der Waals surface area contributed by atoms with Crippen LogP contribution in [0.25, 0.3) is 11.1 Å². The fraction of sp³-hybridized carbons (Fsp3) is 0.294. The van der Waals surface area contributed by atoms with Crippen LogP contribution in [0.4, 0.5) is 8.78 Å². The van der Waals surface area contributed by atoms with E-state index in [9.17, 15) is 8.78 Å². The van der Waals surface area contributed by atoms with Crippen LogP contribution in [0.5, 0.6) is 0 Å². The van der Waals surface area contributed by atoms with Crippen molar-refractivity contribution in [3.8, 4) is 11.1 Å². The zero-order chi connectivity index (χ0) is 15.6. The molecular formula is C17H18ClF2N. The summed E-state index contributed by atoms with van der Waals surface area (Å²) in [5.74, 6) is -0.602. The molecule has 2 rings (SSSR count). The minimum absolute atomic E-state index is 0.262. The Morgan fingerprint density at radius 2 is 1.81 bits per heavy atom. The summed E-state index contributed by atoms with van der Waals surface area (Å²) in [6.07, 6.45) is 0. The fourth-order valence-corrected chi connectivity index (χ4v) is 2.33. The lowest BCUT2D eigenvalue weighted by Gasteiger charge is -2.12. The van der Waals surface area contributed by atoms with Crippen molar-refractivity contribution in [2.75, 3.05) is 0 Å². The maximum atomic E-state index is 13.8. The lowest BCUT2D eigenvalue weighted by molar-refractivity contribution is 0.553. The molecule has 0 aliphatic heterocycles. The van der Waals surface area contributed by atoms with Gasteiger partial charge < -0.3 is 5.32 Å². The summed E-state index contributed by atoms with van der Waals surface area (Å²) in [5, 5.41) is 3.51. The van der Waals surface area contributed by atoms with Crippen LogP contribution >= 0.6 is 11.6 Å². The van der Waals surface area contributed by atoms with Crippen molar-refractivity contribution in [2.45, 2.75) is 33.4 Å². The van der Waals surface area contributed by atoms with E-state index < -0.39 is 0 Å². The summed E-state index contributed by atoms with van der Waals surface area (Å²) in [6.45, 7) is 6.12. The van der Waals surface area contributed by atoms with Crippen molar-refractivity contribution in [2.24, 2.45) is 0 Å². The standard InChI is InChI=1S/C17H18ClF2N/c1-10(2)21-9-13-7-12(4-5-16(13)19)14-6-11(3)17(20)8-15(14)18/h4-8,10,21H,9H2,1-3H3. The van der Waals surface area contributed by atoms with Crippen LogP contribution < -0.4 is 5.32 Å². The molecule has 2 aromatic rings. The van der Waals surface area contributed by atoms with Gasteiger partial charge in [0.2, 0.25) is 0 Å². The van der Waals surface area contributed by atoms with Gasteiger partial charge in [0.1, 0.15) is 11.6 Å². The number of nitrogens with one attached hydrogen (secondary N) is 1. The minimum Gasteiger partial charge on any atom is -0.310 e. The van der Waals surface area contributed by atoms with Crippen molar-refractivity contribution in [1.82, 2.24) is 5.32 Å². The van der Waals surface area contributed by atoms with Gasteiger partial charge in [-0.1, -0.05) is 31.5 Å². The first-order valence-electron chi connectivity index (χ1n) is 6.86. The average Bonchev–Trinajstić information content (AvgIpc) is 2.42. The van der Waals surface area contributed by atoms with Gasteiger partial charge >= 0.3 is 0 Å². The Hall–Kier alpha value is -1.45. The summed E-state index contributed by atoms with van der Waals surface area (Å²) in [4.78, 5) is 0. The second kappa shape index (κ2) is 6.54. The first-order chi connectivity index (χ1) is 9.88. The second-order valence-electron chi connectivity index (χ2n) is 5.42. The Labute approximate surface area is 128 Å². The molecule has 0 heterocycles. The van der Waals surface area contributed by atoms with Crippen molar-refractivity contribution in [1.29, 1.82) is 0 Å². The van der Waals surface area contributed by atoms with Gasteiger partial charge in [-0.15, -0.1) is 0 Å². The maximum Gasteiger partial charge on any atom is 0.127 e. The molecule has 0 bridgehead atoms. The van der Waals surface area contributed by atoms with Gasteiger partial charge in [-0.05, 0) is 42.3 Å². The fourth-order valence-electron chi connectivity index (χ4n) is 2.07. The van der Waals surface area contributed by atoms with Gasteiger partial charge in [-0.3, -0.25) is 0 Å². The molecule has 0 saturated heterocycles. The Balaban J connectivity index is 2.41. The highest BCUT2D eigenvalue weighted by molar-refractivity contribution is 6.33. The molecule has 0 spiro atoms. The highest BCUT2D eigenvalue weighted by Crippen LogP contribution is 2.31. The number of hydrogen-bond donors (Lipinski definition) is 1. The number of benzene rings is 2. The molecule has 0 saturated carbocycles. The van der Waals surface area contributed by atoms with E-state index in [0.717, 1.165) is 5.56 Å². The monoisotopic (exact) mass is 309 g/mol. The van der Waals surface area contributed by atoms with Gasteiger partial charge in [0.05, 0.1) is 5.02 Å². The minimum atomic E-state index is -0.340. The predicted molar refractivity (Wildman–Crippen MR) is 83.5 cm³/mol. The molecular weight excluding hydrogens is 292 g/mol. The Bertz CT molecular complexity index is 653. The van der Waals surface area contributed by atoms with E-state index in [1.807, 2.05) is 13.8 Å². The van der Waals surface area contributed by atoms with Crippen LogP contribution in [0.2, 0.25) is 5.02 Å². The van der Waals surface area contributed by atoms with E-state index in [2.05, 4.69) is 5.32 Å². The Kier molecular flexibility index (Phi) is 4.96. The van der Waals surface area contributed by atoms with Crippen LogP contribution in [-0.2, 0) is 6.54 Å². The van der Waals surface area contributed by atoms with E-state index in [-0.39, 0.29) is 17.7 Å². The summed E-state index contributed by atoms with van der Waals surface area (Å²) in [5.41, 5.74) is 2.58. The average molecular weight is 310 g/mol. The van der Waals surface area contributed by atoms with E-state index >= 15 is 0 Å². The van der Waals surface area contributed by atoms with E-state index in [1.54, 1.807) is 25.1 Å². The number of hydrogen-bond acceptors (Lipinski definition) is 1. The van der Waals surface area contributed by atoms with Gasteiger partial charge in [-0.2, -0.15) is 0 Å². The molecule has 0 aliphatic rings. The van der Waals surface area contributed by atoms with Gasteiger partial charge in [0.15, 0.2) is 0 Å². The van der Waals surface area contributed by atoms with Crippen molar-refractivity contribution < 1.29 is 8.78 Å². The molecule has 0 unspecified atom stereocenters. The van der Waals surface area contributed by atoms with Crippen molar-refractivity contribution in [3.05, 3.63) is 58.1 Å². The molecule has 0 aliphatic carbocycles. The molecule has 0 aromatic heterocycles. The van der Waals surface area contributed by atoms with Gasteiger partial charge in [0, 0.05) is 23.7 Å². The third kappa shape index (κ3) is 3.80. The molecule has 2 aromatic carbocycles. The zero-order valence-electron chi connectivity index (χ0n) is 12.3. The number of rotatable bonds is 4. The number of halogens is 3. The van der Waals surface area contributed by atoms with Gasteiger partial charge in [-0.25, -0.2) is 8.78 Å². The van der Waals surface area contributed by atoms with Crippen molar-refractivity contribution in [3.63, 3.8) is 0 Å². The smallest absolute Gasteiger partial charge is 0.127 e. The molecule has 0 fully saturated rings. The molecule has 0 radical (unpaired) electrons. The summed E-state index contributed by atoms with van der Waals surface area (Å²) in [7, 11) is 0. The summed E-state index contributed by atoms with van der Waals surface area (Å²) >= 11 is 6.11. The highest BCUT2D eigenvalue weighted by Gasteiger charge is 2.11. The molecule has 112 valence electrons. The van der Waals surface area contributed by atoms with Crippen LogP contribution in [0, 0.1) is 18.6 Å². The third-order valence-corrected chi connectivity index (χ3v) is 3.62. The predicted octanol–water partition coefficient (Wildman–Crippen LogP) is 5.09. The molecule has 0 amide bonds. The van der Waals surface area contributed by atoms with E-state index in [0.29, 0.717) is 28.3 Å². The Morgan fingerprint density at radius 3 is 2.48 bits per heavy atom. The quantitative estimate of drug-likeness (QED) is 0.829. The highest BCUT2D eigenvalue weighted by atomic mass is 35.5. The normalized spacial score (nSPS) is 11.2. The van der Waals surface area contributed by atoms with Crippen LogP contribution in [0.15, 0.2) is 30.3 Å². The molecule has 21 heavy (non-hydrogen) atoms. The summed E-state index contributed by atoms with van der Waals surface area (Å²) in [6, 6.07) is 8.08. The van der Waals surface area contributed by atoms with E-state index in [1.165, 1.54) is 12.1 Å². The SMILES string of the molecule is Cc1cc(-c2ccc(F)c(CNC(C)C)c2)c(Cl)cc1F. The van der Waals surface area contributed by atoms with Gasteiger partial charge in [0.25, 0.3) is 0 Å². The topological polar surface area (TPSA) is 12.0 Å².